The molecule has 2 aromatic carbocycles. The molecule has 2 rings (SSSR count). The van der Waals surface area contributed by atoms with Gasteiger partial charge in [-0.15, -0.1) is 3.63 Å². The van der Waals surface area contributed by atoms with Crippen molar-refractivity contribution >= 4 is 134 Å². The average Bonchev–Trinajstić information content (AvgIpc) is 2.61. The molecule has 0 fully saturated rings. The van der Waals surface area contributed by atoms with E-state index in [0.717, 1.165) is 16.5 Å². The van der Waals surface area contributed by atoms with E-state index >= 15 is 0 Å². The monoisotopic (exact) mass is 516 g/mol. The first-order valence-electron chi connectivity index (χ1n) is 8.10. The standard InChI is InChI=1S/C16H20O10S2.2K.2H/c17-27(18,19)26-28(20,21)25-12-10-23-8-7-22-9-11-24-16-6-5-14-3-1-2-4-15(14)13-16;;;;/h1-6,13H,7-12H2,(H,17,18,19);;;;. The van der Waals surface area contributed by atoms with Gasteiger partial charge < -0.3 is 14.2 Å². The minimum absolute atomic E-state index is 0. The van der Waals surface area contributed by atoms with Crippen molar-refractivity contribution < 1.29 is 43.4 Å². The fourth-order valence-corrected chi connectivity index (χ4v) is 3.39. The van der Waals surface area contributed by atoms with E-state index in [-0.39, 0.29) is 123 Å². The maximum atomic E-state index is 11.0. The van der Waals surface area contributed by atoms with Crippen molar-refractivity contribution in [2.24, 2.45) is 0 Å². The number of ether oxygens (including phenoxy) is 3. The summed E-state index contributed by atoms with van der Waals surface area (Å²) in [6.45, 7) is 0.470. The predicted octanol–water partition coefficient (Wildman–Crippen LogP) is 0.0356. The van der Waals surface area contributed by atoms with Crippen LogP contribution in [0.5, 0.6) is 5.75 Å². The van der Waals surface area contributed by atoms with E-state index in [1.54, 1.807) is 0 Å². The van der Waals surface area contributed by atoms with Gasteiger partial charge in [0.25, 0.3) is 0 Å². The first-order chi connectivity index (χ1) is 13.3. The maximum absolute atomic E-state index is 11.0. The second-order valence-corrected chi connectivity index (χ2v) is 7.76. The summed E-state index contributed by atoms with van der Waals surface area (Å²) in [5.74, 6) is 0.740. The molecule has 0 aliphatic rings. The molecule has 0 unspecified atom stereocenters. The van der Waals surface area contributed by atoms with E-state index < -0.39 is 27.4 Å². The van der Waals surface area contributed by atoms with Crippen LogP contribution >= 0.6 is 0 Å². The van der Waals surface area contributed by atoms with Crippen LogP contribution in [0.4, 0.5) is 0 Å². The summed E-state index contributed by atoms with van der Waals surface area (Å²) in [7, 11) is -10.0. The first kappa shape index (κ1) is 31.5. The van der Waals surface area contributed by atoms with E-state index in [1.165, 1.54) is 0 Å². The zero-order chi connectivity index (χ0) is 20.5. The summed E-state index contributed by atoms with van der Waals surface area (Å²) < 4.78 is 74.2. The molecule has 0 saturated carbocycles. The van der Waals surface area contributed by atoms with Crippen LogP contribution in [0.3, 0.4) is 0 Å². The molecule has 0 aliphatic heterocycles. The second kappa shape index (κ2) is 16.2. The molecule has 0 amide bonds. The van der Waals surface area contributed by atoms with Crippen LogP contribution in [-0.4, -0.2) is 164 Å². The molecule has 14 heteroatoms. The average molecular weight is 517 g/mol. The van der Waals surface area contributed by atoms with Crippen molar-refractivity contribution in [1.29, 1.82) is 0 Å². The van der Waals surface area contributed by atoms with E-state index in [2.05, 4.69) is 7.81 Å². The minimum atomic E-state index is -5.16. The predicted molar refractivity (Wildman–Crippen MR) is 113 cm³/mol. The molecular weight excluding hydrogens is 494 g/mol. The topological polar surface area (TPSA) is 135 Å². The molecule has 2 aromatic rings. The Morgan fingerprint density at radius 3 is 1.93 bits per heavy atom. The van der Waals surface area contributed by atoms with Crippen molar-refractivity contribution in [3.63, 3.8) is 0 Å². The first-order valence-corrected chi connectivity index (χ1v) is 10.8. The Morgan fingerprint density at radius 2 is 1.30 bits per heavy atom. The van der Waals surface area contributed by atoms with Crippen molar-refractivity contribution in [3.05, 3.63) is 42.5 Å². The van der Waals surface area contributed by atoms with E-state index in [9.17, 15) is 16.8 Å². The van der Waals surface area contributed by atoms with Crippen molar-refractivity contribution in [1.82, 2.24) is 0 Å². The number of benzene rings is 2. The third-order valence-electron chi connectivity index (χ3n) is 3.21. The molecule has 160 valence electrons. The fraction of sp³-hybridized carbons (Fsp3) is 0.375. The number of rotatable bonds is 13. The Bertz CT molecular complexity index is 967. The van der Waals surface area contributed by atoms with Gasteiger partial charge in [-0.05, 0) is 22.9 Å². The zero-order valence-corrected chi connectivity index (χ0v) is 16.4. The van der Waals surface area contributed by atoms with Crippen LogP contribution in [-0.2, 0) is 38.1 Å². The number of hydrogen-bond donors (Lipinski definition) is 1. The normalized spacial score (nSPS) is 11.5. The molecule has 1 N–H and O–H groups in total. The molecule has 0 saturated heterocycles. The van der Waals surface area contributed by atoms with E-state index in [0.29, 0.717) is 13.2 Å². The molecule has 0 radical (unpaired) electrons. The molecule has 0 spiro atoms. The Labute approximate surface area is 261 Å². The molecule has 0 atom stereocenters. The SMILES string of the molecule is O=S(=O)(O)OS(=O)(=O)OCCOCCOCCOc1ccc2ccccc2c1.[KH].[KH]. The third kappa shape index (κ3) is 13.9. The Hall–Kier alpha value is 1.47. The van der Waals surface area contributed by atoms with Crippen molar-refractivity contribution in [2.75, 3.05) is 39.6 Å². The fourth-order valence-electron chi connectivity index (χ4n) is 2.12. The molecule has 0 heterocycles. The summed E-state index contributed by atoms with van der Waals surface area (Å²) in [4.78, 5) is 0. The number of fused-ring (bicyclic) bond motifs is 1. The summed E-state index contributed by atoms with van der Waals surface area (Å²) in [6, 6.07) is 13.7. The van der Waals surface area contributed by atoms with Gasteiger partial charge in [0.15, 0.2) is 0 Å². The number of hydrogen-bond acceptors (Lipinski definition) is 9. The van der Waals surface area contributed by atoms with Gasteiger partial charge in [-0.25, -0.2) is 4.18 Å². The van der Waals surface area contributed by atoms with Gasteiger partial charge >= 0.3 is 124 Å². The summed E-state index contributed by atoms with van der Waals surface area (Å²) in [5.41, 5.74) is 0. The van der Waals surface area contributed by atoms with Crippen LogP contribution in [0.25, 0.3) is 10.8 Å². The quantitative estimate of drug-likeness (QED) is 0.221. The Kier molecular flexibility index (Phi) is 17.0. The molecule has 0 aliphatic carbocycles. The zero-order valence-electron chi connectivity index (χ0n) is 14.7. The van der Waals surface area contributed by atoms with Gasteiger partial charge in [0, 0.05) is 0 Å². The molecule has 30 heavy (non-hydrogen) atoms. The van der Waals surface area contributed by atoms with Crippen LogP contribution in [0.1, 0.15) is 0 Å². The summed E-state index contributed by atoms with van der Waals surface area (Å²) >= 11 is 0. The van der Waals surface area contributed by atoms with Crippen LogP contribution in [0, 0.1) is 0 Å². The Morgan fingerprint density at radius 1 is 0.733 bits per heavy atom. The van der Waals surface area contributed by atoms with Crippen LogP contribution < -0.4 is 4.74 Å². The van der Waals surface area contributed by atoms with E-state index in [4.69, 9.17) is 18.8 Å². The molecule has 0 bridgehead atoms. The molecule has 10 nitrogen and oxygen atoms in total. The second-order valence-electron chi connectivity index (χ2n) is 5.31. The van der Waals surface area contributed by atoms with E-state index in [1.807, 2.05) is 42.5 Å². The van der Waals surface area contributed by atoms with Crippen molar-refractivity contribution in [3.8, 4) is 5.75 Å². The molecular formula is C16H22K2O10S2. The van der Waals surface area contributed by atoms with Gasteiger partial charge in [0.05, 0.1) is 33.0 Å². The third-order valence-corrected chi connectivity index (χ3v) is 5.02. The van der Waals surface area contributed by atoms with Crippen LogP contribution in [0.15, 0.2) is 42.5 Å². The summed E-state index contributed by atoms with van der Waals surface area (Å²) in [6.07, 6.45) is 0. The van der Waals surface area contributed by atoms with Gasteiger partial charge in [-0.2, -0.15) is 16.8 Å². The van der Waals surface area contributed by atoms with Crippen molar-refractivity contribution in [2.45, 2.75) is 0 Å². The van der Waals surface area contributed by atoms with Gasteiger partial charge in [-0.1, -0.05) is 30.3 Å². The molecule has 0 aromatic heterocycles. The van der Waals surface area contributed by atoms with Gasteiger partial charge in [-0.3, -0.25) is 4.55 Å². The summed E-state index contributed by atoms with van der Waals surface area (Å²) in [5, 5.41) is 2.21. The van der Waals surface area contributed by atoms with Gasteiger partial charge in [0.2, 0.25) is 0 Å². The van der Waals surface area contributed by atoms with Crippen LogP contribution in [0.2, 0.25) is 0 Å². The Balaban J connectivity index is 0.00000420. The van der Waals surface area contributed by atoms with Gasteiger partial charge in [0.1, 0.15) is 12.4 Å².